The summed E-state index contributed by atoms with van der Waals surface area (Å²) in [6.45, 7) is 5.50. The molecular weight excluding hydrogens is 429 g/mol. The predicted molar refractivity (Wildman–Crippen MR) is 113 cm³/mol. The summed E-state index contributed by atoms with van der Waals surface area (Å²) in [6.07, 6.45) is 3.05. The quantitative estimate of drug-likeness (QED) is 0.638. The van der Waals surface area contributed by atoms with E-state index in [2.05, 4.69) is 19.9 Å². The van der Waals surface area contributed by atoms with Gasteiger partial charge in [0.15, 0.2) is 5.69 Å². The Bertz CT molecular complexity index is 1040. The van der Waals surface area contributed by atoms with Crippen molar-refractivity contribution in [2.24, 2.45) is 0 Å². The molecule has 0 bridgehead atoms. The van der Waals surface area contributed by atoms with Gasteiger partial charge in [-0.05, 0) is 68.2 Å². The van der Waals surface area contributed by atoms with Gasteiger partial charge in [-0.3, -0.25) is 19.5 Å². The van der Waals surface area contributed by atoms with E-state index < -0.39 is 29.2 Å². The number of rotatable bonds is 5. The highest BCUT2D eigenvalue weighted by Crippen LogP contribution is 2.32. The van der Waals surface area contributed by atoms with Crippen LogP contribution in [-0.2, 0) is 4.79 Å². The van der Waals surface area contributed by atoms with E-state index in [1.54, 1.807) is 12.1 Å². The van der Waals surface area contributed by atoms with Crippen LogP contribution in [0.25, 0.3) is 0 Å². The van der Waals surface area contributed by atoms with Crippen molar-refractivity contribution in [2.45, 2.75) is 32.4 Å². The van der Waals surface area contributed by atoms with Crippen LogP contribution in [0.15, 0.2) is 48.1 Å². The van der Waals surface area contributed by atoms with Crippen LogP contribution < -0.4 is 10.2 Å². The van der Waals surface area contributed by atoms with Crippen LogP contribution in [0.4, 0.5) is 10.1 Å². The molecule has 30 heavy (non-hydrogen) atoms. The molecule has 10 heteroatoms. The fraction of sp³-hybridized carbons (Fsp3) is 0.250. The Hall–Kier alpha value is -2.91. The second-order valence-electron chi connectivity index (χ2n) is 7.49. The number of anilines is 1. The zero-order valence-corrected chi connectivity index (χ0v) is 18.0. The smallest absolute Gasteiger partial charge is 0.280 e. The number of pyridine rings is 1. The van der Waals surface area contributed by atoms with Crippen LogP contribution in [0, 0.1) is 5.82 Å². The van der Waals surface area contributed by atoms with Crippen molar-refractivity contribution in [3.63, 3.8) is 0 Å². The lowest BCUT2D eigenvalue weighted by Gasteiger charge is -2.33. The lowest BCUT2D eigenvalue weighted by atomic mass is 10.0. The first-order valence-electron chi connectivity index (χ1n) is 8.95. The molecule has 1 atom stereocenters. The topological polar surface area (TPSA) is 88.1 Å². The maximum Gasteiger partial charge on any atom is 0.280 e. The standard InChI is InChI=1S/C20H19ClFN5O2S/c1-20(2,3)24-18(28)17(12-6-8-23-9-7-12)27(19(29)16-11-30-26-25-16)13-4-5-15(22)14(21)10-13/h4-11,17H,1-3H3,(H,24,28)/t17-/m1/s1. The van der Waals surface area contributed by atoms with E-state index >= 15 is 0 Å². The van der Waals surface area contributed by atoms with E-state index in [1.165, 1.54) is 34.8 Å². The van der Waals surface area contributed by atoms with Crippen LogP contribution in [0.1, 0.15) is 42.9 Å². The van der Waals surface area contributed by atoms with Gasteiger partial charge in [-0.25, -0.2) is 4.39 Å². The third-order valence-electron chi connectivity index (χ3n) is 4.01. The van der Waals surface area contributed by atoms with Crippen LogP contribution in [0.2, 0.25) is 5.02 Å². The first-order valence-corrected chi connectivity index (χ1v) is 10.2. The molecule has 0 spiro atoms. The highest BCUT2D eigenvalue weighted by atomic mass is 35.5. The fourth-order valence-corrected chi connectivity index (χ4v) is 3.41. The van der Waals surface area contributed by atoms with Gasteiger partial charge in [-0.15, -0.1) is 5.10 Å². The maximum atomic E-state index is 13.8. The molecule has 2 aromatic heterocycles. The lowest BCUT2D eigenvalue weighted by Crippen LogP contribution is -2.49. The number of hydrogen-bond acceptors (Lipinski definition) is 6. The van der Waals surface area contributed by atoms with Crippen LogP contribution in [0.5, 0.6) is 0 Å². The summed E-state index contributed by atoms with van der Waals surface area (Å²) >= 11 is 6.98. The molecule has 1 N–H and O–H groups in total. The van der Waals surface area contributed by atoms with Gasteiger partial charge in [0.1, 0.15) is 11.9 Å². The summed E-state index contributed by atoms with van der Waals surface area (Å²) in [5, 5.41) is 8.04. The van der Waals surface area contributed by atoms with Crippen molar-refractivity contribution in [1.82, 2.24) is 19.9 Å². The number of carbonyl (C=O) groups is 2. The molecule has 0 saturated carbocycles. The van der Waals surface area contributed by atoms with Gasteiger partial charge in [0.05, 0.1) is 5.02 Å². The summed E-state index contributed by atoms with van der Waals surface area (Å²) in [5.74, 6) is -1.63. The Morgan fingerprint density at radius 2 is 1.90 bits per heavy atom. The molecule has 2 heterocycles. The van der Waals surface area contributed by atoms with Gasteiger partial charge < -0.3 is 5.32 Å². The summed E-state index contributed by atoms with van der Waals surface area (Å²) in [4.78, 5) is 31.9. The molecule has 2 amide bonds. The van der Waals surface area contributed by atoms with Crippen molar-refractivity contribution in [2.75, 3.05) is 4.90 Å². The predicted octanol–water partition coefficient (Wildman–Crippen LogP) is 4.03. The molecule has 3 rings (SSSR count). The molecule has 0 radical (unpaired) electrons. The molecule has 3 aromatic rings. The minimum Gasteiger partial charge on any atom is -0.349 e. The van der Waals surface area contributed by atoms with Gasteiger partial charge in [0.25, 0.3) is 5.91 Å². The Morgan fingerprint density at radius 1 is 1.20 bits per heavy atom. The third-order valence-corrected chi connectivity index (χ3v) is 4.80. The highest BCUT2D eigenvalue weighted by molar-refractivity contribution is 7.03. The van der Waals surface area contributed by atoms with E-state index in [1.807, 2.05) is 20.8 Å². The van der Waals surface area contributed by atoms with Crippen molar-refractivity contribution in [3.8, 4) is 0 Å². The molecule has 0 fully saturated rings. The Balaban J connectivity index is 2.18. The van der Waals surface area contributed by atoms with Crippen LogP contribution in [0.3, 0.4) is 0 Å². The van der Waals surface area contributed by atoms with Gasteiger partial charge in [-0.2, -0.15) is 0 Å². The summed E-state index contributed by atoms with van der Waals surface area (Å²) in [6, 6.07) is 6.02. The van der Waals surface area contributed by atoms with E-state index in [0.29, 0.717) is 5.56 Å². The monoisotopic (exact) mass is 447 g/mol. The van der Waals surface area contributed by atoms with Crippen LogP contribution >= 0.6 is 23.1 Å². The maximum absolute atomic E-state index is 13.8. The first kappa shape index (κ1) is 21.8. The average Bonchev–Trinajstić information content (AvgIpc) is 3.22. The summed E-state index contributed by atoms with van der Waals surface area (Å²) < 4.78 is 17.5. The summed E-state index contributed by atoms with van der Waals surface area (Å²) in [7, 11) is 0. The molecule has 7 nitrogen and oxygen atoms in total. The molecule has 0 saturated heterocycles. The SMILES string of the molecule is CC(C)(C)NC(=O)[C@@H](c1ccncc1)N(C(=O)c1csnn1)c1ccc(F)c(Cl)c1. The number of hydrogen-bond donors (Lipinski definition) is 1. The number of aromatic nitrogens is 3. The molecular formula is C20H19ClFN5O2S. The minimum atomic E-state index is -1.08. The molecule has 156 valence electrons. The molecule has 0 aliphatic carbocycles. The Kier molecular flexibility index (Phi) is 6.42. The van der Waals surface area contributed by atoms with Crippen molar-refractivity contribution in [3.05, 3.63) is 70.2 Å². The number of nitrogens with one attached hydrogen (secondary N) is 1. The van der Waals surface area contributed by atoms with Gasteiger partial charge in [-0.1, -0.05) is 16.1 Å². The van der Waals surface area contributed by atoms with Gasteiger partial charge in [0.2, 0.25) is 5.91 Å². The van der Waals surface area contributed by atoms with Crippen LogP contribution in [-0.4, -0.2) is 31.9 Å². The average molecular weight is 448 g/mol. The lowest BCUT2D eigenvalue weighted by molar-refractivity contribution is -0.123. The molecule has 0 unspecified atom stereocenters. The molecule has 0 aliphatic rings. The largest absolute Gasteiger partial charge is 0.349 e. The fourth-order valence-electron chi connectivity index (χ4n) is 2.80. The van der Waals surface area contributed by atoms with Crippen molar-refractivity contribution >= 4 is 40.6 Å². The number of halogens is 2. The molecule has 0 aliphatic heterocycles. The second-order valence-corrected chi connectivity index (χ2v) is 8.50. The van der Waals surface area contributed by atoms with Crippen molar-refractivity contribution in [1.29, 1.82) is 0 Å². The zero-order chi connectivity index (χ0) is 21.9. The molecule has 1 aromatic carbocycles. The van der Waals surface area contributed by atoms with Gasteiger partial charge in [0, 0.05) is 29.0 Å². The van der Waals surface area contributed by atoms with E-state index in [0.717, 1.165) is 17.6 Å². The van der Waals surface area contributed by atoms with E-state index in [-0.39, 0.29) is 16.4 Å². The number of benzene rings is 1. The first-order chi connectivity index (χ1) is 14.2. The Morgan fingerprint density at radius 3 is 2.47 bits per heavy atom. The summed E-state index contributed by atoms with van der Waals surface area (Å²) in [5.41, 5.74) is 0.261. The normalized spacial score (nSPS) is 12.3. The number of amides is 2. The zero-order valence-electron chi connectivity index (χ0n) is 16.5. The third kappa shape index (κ3) is 4.98. The van der Waals surface area contributed by atoms with Crippen molar-refractivity contribution < 1.29 is 14.0 Å². The minimum absolute atomic E-state index is 0.0584. The Labute approximate surface area is 182 Å². The van der Waals surface area contributed by atoms with E-state index in [4.69, 9.17) is 11.6 Å². The van der Waals surface area contributed by atoms with Gasteiger partial charge >= 0.3 is 0 Å². The number of nitrogens with zero attached hydrogens (tertiary/aromatic N) is 4. The van der Waals surface area contributed by atoms with E-state index in [9.17, 15) is 14.0 Å². The second kappa shape index (κ2) is 8.85. The highest BCUT2D eigenvalue weighted by Gasteiger charge is 2.36. The number of carbonyl (C=O) groups excluding carboxylic acids is 2.